The van der Waals surface area contributed by atoms with Crippen molar-refractivity contribution in [2.24, 2.45) is 0 Å². The highest BCUT2D eigenvalue weighted by atomic mass is 16.5. The van der Waals surface area contributed by atoms with Crippen LogP contribution in [0.25, 0.3) is 0 Å². The fraction of sp³-hybridized carbons (Fsp3) is 0.500. The van der Waals surface area contributed by atoms with Crippen molar-refractivity contribution < 1.29 is 18.7 Å². The summed E-state index contributed by atoms with van der Waals surface area (Å²) in [6, 6.07) is 9.68. The Morgan fingerprint density at radius 1 is 0.967 bits per heavy atom. The van der Waals surface area contributed by atoms with Crippen LogP contribution in [0.3, 0.4) is 0 Å². The first-order chi connectivity index (χ1) is 14.4. The van der Waals surface area contributed by atoms with E-state index in [0.717, 1.165) is 48.3 Å². The minimum absolute atomic E-state index is 0.103. The van der Waals surface area contributed by atoms with Crippen molar-refractivity contribution in [1.82, 2.24) is 9.80 Å². The third kappa shape index (κ3) is 3.59. The van der Waals surface area contributed by atoms with Crippen molar-refractivity contribution in [2.45, 2.75) is 44.9 Å². The summed E-state index contributed by atoms with van der Waals surface area (Å²) < 4.78 is 11.0. The number of amides is 2. The first kappa shape index (κ1) is 20.5. The van der Waals surface area contributed by atoms with Crippen LogP contribution in [-0.4, -0.2) is 54.9 Å². The van der Waals surface area contributed by atoms with Crippen LogP contribution < -0.4 is 4.74 Å². The maximum absolute atomic E-state index is 13.7. The molecule has 6 heteroatoms. The molecule has 1 aliphatic heterocycles. The Kier molecular flexibility index (Phi) is 5.58. The average Bonchev–Trinajstić information content (AvgIpc) is 3.43. The number of benzene rings is 1. The van der Waals surface area contributed by atoms with Gasteiger partial charge < -0.3 is 19.0 Å². The smallest absolute Gasteiger partial charge is 0.289 e. The number of furan rings is 1. The number of aryl methyl sites for hydroxylation is 2. The predicted molar refractivity (Wildman–Crippen MR) is 114 cm³/mol. The summed E-state index contributed by atoms with van der Waals surface area (Å²) in [7, 11) is 1.67. The van der Waals surface area contributed by atoms with Crippen LogP contribution in [0.15, 0.2) is 34.7 Å². The topological polar surface area (TPSA) is 63.0 Å². The van der Waals surface area contributed by atoms with Crippen LogP contribution in [0.5, 0.6) is 5.75 Å². The van der Waals surface area contributed by atoms with Crippen LogP contribution in [-0.2, 0) is 10.2 Å². The molecule has 6 nitrogen and oxygen atoms in total. The lowest BCUT2D eigenvalue weighted by atomic mass is 9.77. The van der Waals surface area contributed by atoms with Crippen LogP contribution in [0.1, 0.15) is 53.1 Å². The molecule has 2 aromatic rings. The molecule has 2 heterocycles. The zero-order valence-electron chi connectivity index (χ0n) is 18.1. The van der Waals surface area contributed by atoms with E-state index in [-0.39, 0.29) is 11.8 Å². The molecule has 160 valence electrons. The molecule has 0 atom stereocenters. The monoisotopic (exact) mass is 410 g/mol. The Hall–Kier alpha value is -2.76. The number of carbonyl (C=O) groups excluding carboxylic acids is 2. The lowest BCUT2D eigenvalue weighted by Crippen LogP contribution is -2.55. The van der Waals surface area contributed by atoms with E-state index in [9.17, 15) is 9.59 Å². The minimum Gasteiger partial charge on any atom is -0.496 e. The van der Waals surface area contributed by atoms with Gasteiger partial charge in [-0.15, -0.1) is 0 Å². The molecule has 2 fully saturated rings. The average molecular weight is 411 g/mol. The van der Waals surface area contributed by atoms with Gasteiger partial charge in [0.25, 0.3) is 5.91 Å². The minimum atomic E-state index is -0.481. The number of hydrogen-bond donors (Lipinski definition) is 0. The Bertz CT molecular complexity index is 934. The van der Waals surface area contributed by atoms with Crippen LogP contribution in [0.4, 0.5) is 0 Å². The largest absolute Gasteiger partial charge is 0.496 e. The molecule has 0 bridgehead atoms. The highest BCUT2D eigenvalue weighted by molar-refractivity contribution is 5.92. The molecule has 0 spiro atoms. The lowest BCUT2D eigenvalue weighted by molar-refractivity contribution is -0.138. The van der Waals surface area contributed by atoms with E-state index in [2.05, 4.69) is 6.07 Å². The van der Waals surface area contributed by atoms with Gasteiger partial charge in [0.05, 0.1) is 12.5 Å². The van der Waals surface area contributed by atoms with Crippen LogP contribution >= 0.6 is 0 Å². The summed E-state index contributed by atoms with van der Waals surface area (Å²) in [6.45, 7) is 6.00. The number of piperazine rings is 1. The van der Waals surface area contributed by atoms with E-state index in [4.69, 9.17) is 9.15 Å². The zero-order chi connectivity index (χ0) is 21.3. The summed E-state index contributed by atoms with van der Waals surface area (Å²) in [5.41, 5.74) is 1.64. The molecule has 1 aliphatic carbocycles. The maximum atomic E-state index is 13.7. The van der Waals surface area contributed by atoms with Crippen molar-refractivity contribution in [1.29, 1.82) is 0 Å². The highest BCUT2D eigenvalue weighted by Crippen LogP contribution is 2.44. The molecule has 0 unspecified atom stereocenters. The van der Waals surface area contributed by atoms with Crippen molar-refractivity contribution >= 4 is 11.8 Å². The van der Waals surface area contributed by atoms with Crippen LogP contribution in [0.2, 0.25) is 0 Å². The van der Waals surface area contributed by atoms with Crippen molar-refractivity contribution in [2.75, 3.05) is 33.3 Å². The quantitative estimate of drug-likeness (QED) is 0.771. The Labute approximate surface area is 177 Å². The molecule has 1 saturated carbocycles. The van der Waals surface area contributed by atoms with Gasteiger partial charge in [-0.2, -0.15) is 0 Å². The fourth-order valence-electron chi connectivity index (χ4n) is 4.84. The number of carbonyl (C=O) groups is 2. The van der Waals surface area contributed by atoms with Crippen molar-refractivity contribution in [3.63, 3.8) is 0 Å². The van der Waals surface area contributed by atoms with Gasteiger partial charge in [-0.1, -0.05) is 25.0 Å². The SMILES string of the molecule is COc1cc(C2(C(=O)N3CCN(C(=O)c4ccc(C)o4)CC3)CCCC2)ccc1C. The van der Waals surface area contributed by atoms with Gasteiger partial charge >= 0.3 is 0 Å². The molecule has 0 N–H and O–H groups in total. The summed E-state index contributed by atoms with van der Waals surface area (Å²) in [5, 5.41) is 0. The second kappa shape index (κ2) is 8.17. The Morgan fingerprint density at radius 3 is 2.23 bits per heavy atom. The molecular formula is C24H30N2O4. The molecule has 1 aromatic carbocycles. The van der Waals surface area contributed by atoms with Gasteiger partial charge in [0, 0.05) is 26.2 Å². The highest BCUT2D eigenvalue weighted by Gasteiger charge is 2.45. The van der Waals surface area contributed by atoms with E-state index >= 15 is 0 Å². The molecule has 2 amide bonds. The standard InChI is InChI=1S/C24H30N2O4/c1-17-6-8-19(16-21(17)29-3)24(10-4-5-11-24)23(28)26-14-12-25(13-15-26)22(27)20-9-7-18(2)30-20/h6-9,16H,4-5,10-15H2,1-3H3. The first-order valence-corrected chi connectivity index (χ1v) is 10.7. The van der Waals surface area contributed by atoms with Crippen molar-refractivity contribution in [3.8, 4) is 5.75 Å². The van der Waals surface area contributed by atoms with Gasteiger partial charge in [-0.25, -0.2) is 0 Å². The summed E-state index contributed by atoms with van der Waals surface area (Å²) in [6.07, 6.45) is 3.84. The van der Waals surface area contributed by atoms with Gasteiger partial charge in [0.1, 0.15) is 11.5 Å². The second-order valence-electron chi connectivity index (χ2n) is 8.47. The second-order valence-corrected chi connectivity index (χ2v) is 8.47. The summed E-state index contributed by atoms with van der Waals surface area (Å²) in [5.74, 6) is 2.01. The molecule has 30 heavy (non-hydrogen) atoms. The van der Waals surface area contributed by atoms with Crippen LogP contribution in [0, 0.1) is 13.8 Å². The third-order valence-electron chi connectivity index (χ3n) is 6.63. The molecular weight excluding hydrogens is 380 g/mol. The van der Waals surface area contributed by atoms with Gasteiger partial charge in [-0.05, 0) is 56.0 Å². The number of methoxy groups -OCH3 is 1. The fourth-order valence-corrected chi connectivity index (χ4v) is 4.84. The van der Waals surface area contributed by atoms with E-state index in [1.165, 1.54) is 0 Å². The molecule has 2 aliphatic rings. The van der Waals surface area contributed by atoms with Crippen molar-refractivity contribution in [3.05, 3.63) is 53.0 Å². The molecule has 4 rings (SSSR count). The third-order valence-corrected chi connectivity index (χ3v) is 6.63. The number of rotatable bonds is 4. The van der Waals surface area contributed by atoms with E-state index < -0.39 is 5.41 Å². The Morgan fingerprint density at radius 2 is 1.63 bits per heavy atom. The zero-order valence-corrected chi connectivity index (χ0v) is 18.1. The van der Waals surface area contributed by atoms with Gasteiger partial charge in [0.15, 0.2) is 5.76 Å². The number of hydrogen-bond acceptors (Lipinski definition) is 4. The van der Waals surface area contributed by atoms with E-state index in [1.807, 2.05) is 30.9 Å². The van der Waals surface area contributed by atoms with Gasteiger partial charge in [-0.3, -0.25) is 9.59 Å². The normalized spacial score (nSPS) is 18.5. The summed E-state index contributed by atoms with van der Waals surface area (Å²) >= 11 is 0. The van der Waals surface area contributed by atoms with Gasteiger partial charge in [0.2, 0.25) is 5.91 Å². The molecule has 0 radical (unpaired) electrons. The first-order valence-electron chi connectivity index (χ1n) is 10.7. The Balaban J connectivity index is 1.50. The number of nitrogens with zero attached hydrogens (tertiary/aromatic N) is 2. The predicted octanol–water partition coefficient (Wildman–Crippen LogP) is 3.70. The van der Waals surface area contributed by atoms with E-state index in [0.29, 0.717) is 31.9 Å². The molecule has 1 saturated heterocycles. The summed E-state index contributed by atoms with van der Waals surface area (Å²) in [4.78, 5) is 30.1. The van der Waals surface area contributed by atoms with E-state index in [1.54, 1.807) is 24.1 Å². The lowest BCUT2D eigenvalue weighted by Gasteiger charge is -2.40. The molecule has 1 aromatic heterocycles. The maximum Gasteiger partial charge on any atom is 0.289 e. The number of ether oxygens (including phenoxy) is 1.